The highest BCUT2D eigenvalue weighted by molar-refractivity contribution is 5.98. The lowest BCUT2D eigenvalue weighted by molar-refractivity contribution is 0.00928. The highest BCUT2D eigenvalue weighted by Crippen LogP contribution is 2.51. The predicted molar refractivity (Wildman–Crippen MR) is 94.5 cm³/mol. The largest absolute Gasteiger partial charge is 0.504 e. The average molecular weight is 369 g/mol. The van der Waals surface area contributed by atoms with Crippen molar-refractivity contribution in [1.29, 1.82) is 0 Å². The number of esters is 1. The Labute approximate surface area is 156 Å². The van der Waals surface area contributed by atoms with E-state index < -0.39 is 12.1 Å². The standard InChI is InChI=1S/C20H19NO6/c1-21-6-5-10-7-13(22)15(24-2)8-12(10)17(21)18-11-3-4-14-19(26-9-25-14)16(11)20(23)27-18/h3-4,7-8,17-18,22H,5-6,9H2,1-2H3/t17-,18+/m1/s1. The van der Waals surface area contributed by atoms with Crippen molar-refractivity contribution in [2.45, 2.75) is 18.6 Å². The molecule has 7 nitrogen and oxygen atoms in total. The molecule has 3 heterocycles. The molecule has 0 saturated carbocycles. The van der Waals surface area contributed by atoms with E-state index in [1.165, 1.54) is 7.11 Å². The van der Waals surface area contributed by atoms with Gasteiger partial charge in [0, 0.05) is 12.1 Å². The number of likely N-dealkylation sites (N-methyl/N-ethyl adjacent to an activating group) is 1. The van der Waals surface area contributed by atoms with Gasteiger partial charge in [0.25, 0.3) is 0 Å². The summed E-state index contributed by atoms with van der Waals surface area (Å²) >= 11 is 0. The fourth-order valence-corrected chi connectivity index (χ4v) is 4.26. The number of cyclic esters (lactones) is 1. The van der Waals surface area contributed by atoms with E-state index in [0.717, 1.165) is 29.7 Å². The van der Waals surface area contributed by atoms with Crippen molar-refractivity contribution >= 4 is 5.97 Å². The summed E-state index contributed by atoms with van der Waals surface area (Å²) in [5, 5.41) is 10.1. The lowest BCUT2D eigenvalue weighted by Gasteiger charge is -2.37. The van der Waals surface area contributed by atoms with Crippen molar-refractivity contribution in [3.05, 3.63) is 46.5 Å². The zero-order chi connectivity index (χ0) is 18.7. The molecule has 27 heavy (non-hydrogen) atoms. The Kier molecular flexibility index (Phi) is 3.48. The van der Waals surface area contributed by atoms with Gasteiger partial charge in [-0.15, -0.1) is 0 Å². The van der Waals surface area contributed by atoms with E-state index in [9.17, 15) is 9.90 Å². The molecule has 140 valence electrons. The van der Waals surface area contributed by atoms with E-state index >= 15 is 0 Å². The highest BCUT2D eigenvalue weighted by atomic mass is 16.7. The fraction of sp³-hybridized carbons (Fsp3) is 0.350. The number of ether oxygens (including phenoxy) is 4. The zero-order valence-electron chi connectivity index (χ0n) is 15.0. The van der Waals surface area contributed by atoms with Crippen molar-refractivity contribution < 1.29 is 28.8 Å². The topological polar surface area (TPSA) is 77.5 Å². The summed E-state index contributed by atoms with van der Waals surface area (Å²) in [4.78, 5) is 14.8. The molecule has 2 atom stereocenters. The van der Waals surface area contributed by atoms with Crippen LogP contribution in [0.4, 0.5) is 0 Å². The molecule has 2 aromatic carbocycles. The molecule has 3 aliphatic rings. The summed E-state index contributed by atoms with van der Waals surface area (Å²) in [6.45, 7) is 0.893. The number of fused-ring (bicyclic) bond motifs is 4. The lowest BCUT2D eigenvalue weighted by atomic mass is 9.86. The van der Waals surface area contributed by atoms with Crippen LogP contribution in [0.25, 0.3) is 0 Å². The van der Waals surface area contributed by atoms with Gasteiger partial charge in [0.1, 0.15) is 11.7 Å². The summed E-state index contributed by atoms with van der Waals surface area (Å²) in [6.07, 6.45) is 0.328. The van der Waals surface area contributed by atoms with Crippen molar-refractivity contribution in [1.82, 2.24) is 4.90 Å². The number of nitrogens with zero attached hydrogens (tertiary/aromatic N) is 1. The average Bonchev–Trinajstić information content (AvgIpc) is 3.25. The number of carbonyl (C=O) groups excluding carboxylic acids is 1. The van der Waals surface area contributed by atoms with Gasteiger partial charge in [-0.3, -0.25) is 4.90 Å². The van der Waals surface area contributed by atoms with E-state index in [4.69, 9.17) is 18.9 Å². The second kappa shape index (κ2) is 5.79. The summed E-state index contributed by atoms with van der Waals surface area (Å²) in [5.74, 6) is 1.15. The highest BCUT2D eigenvalue weighted by Gasteiger charge is 2.44. The number of rotatable bonds is 2. The molecule has 7 heteroatoms. The van der Waals surface area contributed by atoms with E-state index in [1.807, 2.05) is 25.2 Å². The van der Waals surface area contributed by atoms with E-state index in [-0.39, 0.29) is 18.6 Å². The van der Waals surface area contributed by atoms with Crippen LogP contribution in [0.15, 0.2) is 24.3 Å². The molecule has 3 aliphatic heterocycles. The SMILES string of the molecule is COc1cc2c(cc1O)CCN(C)[C@H]2[C@H]1OC(=O)c2c1ccc1c2OCO1. The molecule has 1 N–H and O–H groups in total. The Balaban J connectivity index is 1.64. The summed E-state index contributed by atoms with van der Waals surface area (Å²) in [5.41, 5.74) is 3.26. The second-order valence-electron chi connectivity index (χ2n) is 6.99. The third-order valence-electron chi connectivity index (χ3n) is 5.57. The Morgan fingerprint density at radius 3 is 2.89 bits per heavy atom. The van der Waals surface area contributed by atoms with Gasteiger partial charge in [0.2, 0.25) is 6.79 Å². The van der Waals surface area contributed by atoms with Gasteiger partial charge in [0.05, 0.1) is 13.2 Å². The summed E-state index contributed by atoms with van der Waals surface area (Å²) < 4.78 is 22.0. The number of phenols is 1. The van der Waals surface area contributed by atoms with Gasteiger partial charge in [0.15, 0.2) is 23.0 Å². The number of hydrogen-bond acceptors (Lipinski definition) is 7. The molecular formula is C20H19NO6. The Hall–Kier alpha value is -2.93. The third kappa shape index (κ3) is 2.28. The number of hydrogen-bond donors (Lipinski definition) is 1. The molecule has 0 aromatic heterocycles. The van der Waals surface area contributed by atoms with Crippen LogP contribution in [-0.4, -0.2) is 43.5 Å². The van der Waals surface area contributed by atoms with Gasteiger partial charge in [-0.2, -0.15) is 0 Å². The fourth-order valence-electron chi connectivity index (χ4n) is 4.26. The number of carbonyl (C=O) groups is 1. The van der Waals surface area contributed by atoms with Gasteiger partial charge in [-0.25, -0.2) is 4.79 Å². The molecule has 0 unspecified atom stereocenters. The van der Waals surface area contributed by atoms with Crippen LogP contribution in [0.1, 0.15) is 39.2 Å². The van der Waals surface area contributed by atoms with Crippen LogP contribution in [-0.2, 0) is 11.2 Å². The Morgan fingerprint density at radius 2 is 2.07 bits per heavy atom. The Bertz CT molecular complexity index is 956. The quantitative estimate of drug-likeness (QED) is 0.815. The second-order valence-corrected chi connectivity index (χ2v) is 6.99. The molecule has 0 spiro atoms. The minimum absolute atomic E-state index is 0.104. The molecule has 0 radical (unpaired) electrons. The number of aromatic hydroxyl groups is 1. The van der Waals surface area contributed by atoms with Crippen molar-refractivity contribution in [2.24, 2.45) is 0 Å². The maximum atomic E-state index is 12.6. The number of phenolic OH excluding ortho intramolecular Hbond substituents is 1. The minimum Gasteiger partial charge on any atom is -0.504 e. The molecule has 0 bridgehead atoms. The van der Waals surface area contributed by atoms with E-state index in [0.29, 0.717) is 22.8 Å². The summed E-state index contributed by atoms with van der Waals surface area (Å²) in [7, 11) is 3.53. The molecule has 0 amide bonds. The van der Waals surface area contributed by atoms with E-state index in [2.05, 4.69) is 4.90 Å². The van der Waals surface area contributed by atoms with Crippen molar-refractivity contribution in [3.63, 3.8) is 0 Å². The molecule has 2 aromatic rings. The number of methoxy groups -OCH3 is 1. The van der Waals surface area contributed by atoms with E-state index in [1.54, 1.807) is 6.07 Å². The Morgan fingerprint density at radius 1 is 1.22 bits per heavy atom. The van der Waals surface area contributed by atoms with Crippen LogP contribution in [0.3, 0.4) is 0 Å². The maximum Gasteiger partial charge on any atom is 0.343 e. The van der Waals surface area contributed by atoms with Crippen molar-refractivity contribution in [2.75, 3.05) is 27.5 Å². The summed E-state index contributed by atoms with van der Waals surface area (Å²) in [6, 6.07) is 7.08. The first-order chi connectivity index (χ1) is 13.1. The number of benzene rings is 2. The molecule has 0 fully saturated rings. The maximum absolute atomic E-state index is 12.6. The first-order valence-corrected chi connectivity index (χ1v) is 8.82. The van der Waals surface area contributed by atoms with Crippen LogP contribution < -0.4 is 14.2 Å². The predicted octanol–water partition coefficient (Wildman–Crippen LogP) is 2.57. The zero-order valence-corrected chi connectivity index (χ0v) is 15.0. The van der Waals surface area contributed by atoms with Crippen molar-refractivity contribution in [3.8, 4) is 23.0 Å². The lowest BCUT2D eigenvalue weighted by Crippen LogP contribution is -2.36. The molecule has 0 saturated heterocycles. The molecular weight excluding hydrogens is 350 g/mol. The monoisotopic (exact) mass is 369 g/mol. The van der Waals surface area contributed by atoms with Crippen LogP contribution in [0.2, 0.25) is 0 Å². The minimum atomic E-state index is -0.472. The van der Waals surface area contributed by atoms with Crippen LogP contribution in [0.5, 0.6) is 23.0 Å². The van der Waals surface area contributed by atoms with Gasteiger partial charge in [-0.05, 0) is 42.8 Å². The van der Waals surface area contributed by atoms with Crippen LogP contribution in [0, 0.1) is 0 Å². The third-order valence-corrected chi connectivity index (χ3v) is 5.57. The first-order valence-electron chi connectivity index (χ1n) is 8.82. The van der Waals surface area contributed by atoms with Gasteiger partial charge < -0.3 is 24.1 Å². The normalized spacial score (nSPS) is 23.0. The first kappa shape index (κ1) is 16.3. The molecule has 5 rings (SSSR count). The van der Waals surface area contributed by atoms with Crippen LogP contribution >= 0.6 is 0 Å². The smallest absolute Gasteiger partial charge is 0.343 e. The van der Waals surface area contributed by atoms with Gasteiger partial charge >= 0.3 is 5.97 Å². The molecule has 0 aliphatic carbocycles. The van der Waals surface area contributed by atoms with Gasteiger partial charge in [-0.1, -0.05) is 6.07 Å².